The SMILES string of the molecule is Clc1ccc2oc(SCc3ncc(-c4ccccc4)o3)nc2c1. The molecule has 2 aromatic heterocycles. The topological polar surface area (TPSA) is 52.1 Å². The predicted octanol–water partition coefficient (Wildman–Crippen LogP) is 5.43. The summed E-state index contributed by atoms with van der Waals surface area (Å²) in [7, 11) is 0. The van der Waals surface area contributed by atoms with Gasteiger partial charge in [-0.05, 0) is 18.2 Å². The molecule has 0 N–H and O–H groups in total. The molecule has 0 amide bonds. The fraction of sp³-hybridized carbons (Fsp3) is 0.0588. The molecule has 4 aromatic rings. The highest BCUT2D eigenvalue weighted by Gasteiger charge is 2.10. The molecule has 4 rings (SSSR count). The Kier molecular flexibility index (Phi) is 3.81. The van der Waals surface area contributed by atoms with Gasteiger partial charge in [0.05, 0.1) is 11.9 Å². The summed E-state index contributed by atoms with van der Waals surface area (Å²) in [6, 6.07) is 15.3. The highest BCUT2D eigenvalue weighted by molar-refractivity contribution is 7.98. The fourth-order valence-electron chi connectivity index (χ4n) is 2.18. The molecule has 114 valence electrons. The summed E-state index contributed by atoms with van der Waals surface area (Å²) < 4.78 is 11.4. The quantitative estimate of drug-likeness (QED) is 0.463. The smallest absolute Gasteiger partial charge is 0.257 e. The highest BCUT2D eigenvalue weighted by Crippen LogP contribution is 2.28. The summed E-state index contributed by atoms with van der Waals surface area (Å²) in [4.78, 5) is 8.69. The van der Waals surface area contributed by atoms with Gasteiger partial charge in [0.2, 0.25) is 5.89 Å². The van der Waals surface area contributed by atoms with Gasteiger partial charge in [-0.15, -0.1) is 0 Å². The molecule has 23 heavy (non-hydrogen) atoms. The zero-order valence-electron chi connectivity index (χ0n) is 11.9. The Hall–Kier alpha value is -2.24. The number of hydrogen-bond donors (Lipinski definition) is 0. The van der Waals surface area contributed by atoms with Crippen LogP contribution >= 0.6 is 23.4 Å². The van der Waals surface area contributed by atoms with Crippen LogP contribution in [0.1, 0.15) is 5.89 Å². The van der Waals surface area contributed by atoms with Crippen LogP contribution in [0.2, 0.25) is 5.02 Å². The van der Waals surface area contributed by atoms with Crippen molar-refractivity contribution in [1.82, 2.24) is 9.97 Å². The molecule has 0 unspecified atom stereocenters. The number of rotatable bonds is 4. The molecular weight excluding hydrogens is 332 g/mol. The molecule has 0 aliphatic rings. The van der Waals surface area contributed by atoms with Crippen LogP contribution in [0.4, 0.5) is 0 Å². The first-order chi connectivity index (χ1) is 11.3. The Bertz CT molecular complexity index is 950. The van der Waals surface area contributed by atoms with Gasteiger partial charge in [0.1, 0.15) is 5.52 Å². The van der Waals surface area contributed by atoms with E-state index in [0.29, 0.717) is 27.5 Å². The summed E-state index contributed by atoms with van der Waals surface area (Å²) in [6.45, 7) is 0. The van der Waals surface area contributed by atoms with E-state index in [1.54, 1.807) is 18.3 Å². The molecule has 0 saturated heterocycles. The van der Waals surface area contributed by atoms with E-state index < -0.39 is 0 Å². The van der Waals surface area contributed by atoms with Crippen molar-refractivity contribution in [2.45, 2.75) is 11.0 Å². The largest absolute Gasteiger partial charge is 0.440 e. The van der Waals surface area contributed by atoms with Crippen LogP contribution < -0.4 is 0 Å². The lowest BCUT2D eigenvalue weighted by molar-refractivity contribution is 0.486. The van der Waals surface area contributed by atoms with Gasteiger partial charge in [0.25, 0.3) is 5.22 Å². The summed E-state index contributed by atoms with van der Waals surface area (Å²) in [5, 5.41) is 1.21. The van der Waals surface area contributed by atoms with Gasteiger partial charge >= 0.3 is 0 Å². The zero-order valence-corrected chi connectivity index (χ0v) is 13.5. The van der Waals surface area contributed by atoms with Crippen molar-refractivity contribution in [1.29, 1.82) is 0 Å². The molecule has 0 atom stereocenters. The first-order valence-electron chi connectivity index (χ1n) is 6.97. The van der Waals surface area contributed by atoms with Crippen LogP contribution in [0.25, 0.3) is 22.4 Å². The first-order valence-corrected chi connectivity index (χ1v) is 8.33. The van der Waals surface area contributed by atoms with Gasteiger partial charge in [-0.2, -0.15) is 0 Å². The normalized spacial score (nSPS) is 11.2. The molecule has 0 fully saturated rings. The Morgan fingerprint density at radius 1 is 1.04 bits per heavy atom. The molecular formula is C17H11ClN2O2S. The maximum absolute atomic E-state index is 5.95. The van der Waals surface area contributed by atoms with Gasteiger partial charge in [-0.3, -0.25) is 0 Å². The maximum atomic E-state index is 5.95. The minimum atomic E-state index is 0.549. The van der Waals surface area contributed by atoms with Crippen LogP contribution in [-0.4, -0.2) is 9.97 Å². The number of aromatic nitrogens is 2. The van der Waals surface area contributed by atoms with Gasteiger partial charge in [0.15, 0.2) is 11.3 Å². The Balaban J connectivity index is 1.49. The molecule has 0 radical (unpaired) electrons. The second-order valence-corrected chi connectivity index (χ2v) is 6.23. The average Bonchev–Trinajstić information content (AvgIpc) is 3.20. The molecule has 6 heteroatoms. The molecule has 0 spiro atoms. The van der Waals surface area contributed by atoms with Crippen molar-refractivity contribution in [2.75, 3.05) is 0 Å². The number of hydrogen-bond acceptors (Lipinski definition) is 5. The van der Waals surface area contributed by atoms with E-state index in [9.17, 15) is 0 Å². The minimum Gasteiger partial charge on any atom is -0.440 e. The lowest BCUT2D eigenvalue weighted by Gasteiger charge is -1.94. The van der Waals surface area contributed by atoms with E-state index in [0.717, 1.165) is 16.8 Å². The Morgan fingerprint density at radius 3 is 2.78 bits per heavy atom. The summed E-state index contributed by atoms with van der Waals surface area (Å²) in [5.74, 6) is 1.94. The highest BCUT2D eigenvalue weighted by atomic mass is 35.5. The minimum absolute atomic E-state index is 0.549. The summed E-state index contributed by atoms with van der Waals surface area (Å²) in [5.41, 5.74) is 2.47. The second-order valence-electron chi connectivity index (χ2n) is 4.86. The van der Waals surface area contributed by atoms with Crippen molar-refractivity contribution >= 4 is 34.5 Å². The average molecular weight is 343 g/mol. The van der Waals surface area contributed by atoms with Gasteiger partial charge in [-0.25, -0.2) is 9.97 Å². The number of nitrogens with zero attached hydrogens (tertiary/aromatic N) is 2. The van der Waals surface area contributed by atoms with E-state index in [2.05, 4.69) is 9.97 Å². The lowest BCUT2D eigenvalue weighted by Crippen LogP contribution is -1.79. The number of benzene rings is 2. The van der Waals surface area contributed by atoms with E-state index >= 15 is 0 Å². The molecule has 0 aliphatic carbocycles. The summed E-state index contributed by atoms with van der Waals surface area (Å²) >= 11 is 7.38. The van der Waals surface area contributed by atoms with Crippen LogP contribution in [0.3, 0.4) is 0 Å². The molecule has 2 aromatic carbocycles. The predicted molar refractivity (Wildman–Crippen MR) is 90.5 cm³/mol. The van der Waals surface area contributed by atoms with Crippen LogP contribution in [-0.2, 0) is 5.75 Å². The number of fused-ring (bicyclic) bond motifs is 1. The first kappa shape index (κ1) is 14.4. The van der Waals surface area contributed by atoms with Crippen molar-refractivity contribution in [3.05, 3.63) is 65.6 Å². The molecule has 0 aliphatic heterocycles. The Labute approximate surface area is 141 Å². The third kappa shape index (κ3) is 3.11. The van der Waals surface area contributed by atoms with Crippen molar-refractivity contribution < 1.29 is 8.83 Å². The molecule has 0 saturated carbocycles. The van der Waals surface area contributed by atoms with Gasteiger partial charge in [0, 0.05) is 10.6 Å². The fourth-order valence-corrected chi connectivity index (χ4v) is 3.04. The van der Waals surface area contributed by atoms with E-state index in [-0.39, 0.29) is 0 Å². The van der Waals surface area contributed by atoms with Crippen LogP contribution in [0, 0.1) is 0 Å². The van der Waals surface area contributed by atoms with E-state index in [1.165, 1.54) is 11.8 Å². The van der Waals surface area contributed by atoms with Crippen LogP contribution in [0.15, 0.2) is 68.8 Å². The third-order valence-electron chi connectivity index (χ3n) is 3.26. The number of oxazole rings is 2. The van der Waals surface area contributed by atoms with E-state index in [4.69, 9.17) is 20.4 Å². The monoisotopic (exact) mass is 342 g/mol. The maximum Gasteiger partial charge on any atom is 0.257 e. The second kappa shape index (κ2) is 6.10. The molecule has 4 nitrogen and oxygen atoms in total. The van der Waals surface area contributed by atoms with Crippen molar-refractivity contribution in [2.24, 2.45) is 0 Å². The van der Waals surface area contributed by atoms with Crippen LogP contribution in [0.5, 0.6) is 0 Å². The van der Waals surface area contributed by atoms with Gasteiger partial charge < -0.3 is 8.83 Å². The molecule has 0 bridgehead atoms. The van der Waals surface area contributed by atoms with E-state index in [1.807, 2.05) is 36.4 Å². The zero-order chi connectivity index (χ0) is 15.6. The Morgan fingerprint density at radius 2 is 1.91 bits per heavy atom. The van der Waals surface area contributed by atoms with Gasteiger partial charge in [-0.1, -0.05) is 53.7 Å². The summed E-state index contributed by atoms with van der Waals surface area (Å²) in [6.07, 6.45) is 1.73. The lowest BCUT2D eigenvalue weighted by atomic mass is 10.2. The van der Waals surface area contributed by atoms with Crippen molar-refractivity contribution in [3.8, 4) is 11.3 Å². The standard InChI is InChI=1S/C17H11ClN2O2S/c18-12-6-7-14-13(8-12)20-17(22-14)23-10-16-19-9-15(21-16)11-4-2-1-3-5-11/h1-9H,10H2. The third-order valence-corrected chi connectivity index (χ3v) is 4.31. The molecule has 2 heterocycles. The number of halogens is 1. The van der Waals surface area contributed by atoms with Crippen molar-refractivity contribution in [3.63, 3.8) is 0 Å². The number of thioether (sulfide) groups is 1.